The van der Waals surface area contributed by atoms with Crippen molar-refractivity contribution in [3.8, 4) is 5.75 Å². The molecule has 0 bridgehead atoms. The second-order valence-electron chi connectivity index (χ2n) is 3.97. The molecule has 0 radical (unpaired) electrons. The van der Waals surface area contributed by atoms with E-state index in [4.69, 9.17) is 9.47 Å². The van der Waals surface area contributed by atoms with E-state index in [2.05, 4.69) is 15.9 Å². The van der Waals surface area contributed by atoms with Crippen LogP contribution in [0.25, 0.3) is 0 Å². The Morgan fingerprint density at radius 2 is 2.06 bits per heavy atom. The molecule has 0 spiro atoms. The highest BCUT2D eigenvalue weighted by atomic mass is 79.9. The normalized spacial score (nSPS) is 17.4. The lowest BCUT2D eigenvalue weighted by Crippen LogP contribution is -2.21. The van der Waals surface area contributed by atoms with E-state index >= 15 is 0 Å². The molecule has 2 rings (SSSR count). The third-order valence-electron chi connectivity index (χ3n) is 2.66. The predicted molar refractivity (Wildman–Crippen MR) is 63.1 cm³/mol. The molecule has 0 unspecified atom stereocenters. The van der Waals surface area contributed by atoms with Crippen LogP contribution in [0.1, 0.15) is 12.8 Å². The van der Waals surface area contributed by atoms with Gasteiger partial charge in [0.15, 0.2) is 0 Å². The van der Waals surface area contributed by atoms with Crippen molar-refractivity contribution in [2.75, 3.05) is 19.8 Å². The second-order valence-corrected chi connectivity index (χ2v) is 4.89. The van der Waals surface area contributed by atoms with Crippen LogP contribution in [0, 0.1) is 11.7 Å². The number of rotatable bonds is 3. The first kappa shape index (κ1) is 11.9. The summed E-state index contributed by atoms with van der Waals surface area (Å²) in [5, 5.41) is 0. The first-order valence-corrected chi connectivity index (χ1v) is 6.20. The van der Waals surface area contributed by atoms with Crippen LogP contribution < -0.4 is 4.74 Å². The van der Waals surface area contributed by atoms with Crippen molar-refractivity contribution in [2.24, 2.45) is 5.92 Å². The summed E-state index contributed by atoms with van der Waals surface area (Å²) in [6.07, 6.45) is 2.05. The van der Waals surface area contributed by atoms with Crippen molar-refractivity contribution in [1.82, 2.24) is 0 Å². The average molecular weight is 289 g/mol. The fourth-order valence-corrected chi connectivity index (χ4v) is 2.18. The van der Waals surface area contributed by atoms with Crippen LogP contribution in [0.2, 0.25) is 0 Å². The van der Waals surface area contributed by atoms with Gasteiger partial charge in [-0.05, 0) is 30.9 Å². The zero-order valence-electron chi connectivity index (χ0n) is 8.92. The van der Waals surface area contributed by atoms with Crippen LogP contribution in [0.3, 0.4) is 0 Å². The summed E-state index contributed by atoms with van der Waals surface area (Å²) in [6.45, 7) is 2.25. The minimum absolute atomic E-state index is 0.281. The van der Waals surface area contributed by atoms with Crippen molar-refractivity contribution < 1.29 is 13.9 Å². The van der Waals surface area contributed by atoms with Gasteiger partial charge >= 0.3 is 0 Å². The molecule has 1 aliphatic rings. The molecule has 1 aromatic carbocycles. The Balaban J connectivity index is 1.88. The first-order valence-electron chi connectivity index (χ1n) is 5.40. The summed E-state index contributed by atoms with van der Waals surface area (Å²) in [5.41, 5.74) is 0. The number of halogens is 2. The van der Waals surface area contributed by atoms with E-state index in [1.807, 2.05) is 0 Å². The molecule has 1 heterocycles. The quantitative estimate of drug-likeness (QED) is 0.849. The Morgan fingerprint density at radius 1 is 1.31 bits per heavy atom. The molecule has 1 aromatic rings. The van der Waals surface area contributed by atoms with Crippen molar-refractivity contribution in [3.63, 3.8) is 0 Å². The third-order valence-corrected chi connectivity index (χ3v) is 3.12. The lowest BCUT2D eigenvalue weighted by Gasteiger charge is -2.22. The zero-order chi connectivity index (χ0) is 11.4. The molecule has 0 aliphatic carbocycles. The van der Waals surface area contributed by atoms with E-state index in [0.29, 0.717) is 22.7 Å². The highest BCUT2D eigenvalue weighted by Crippen LogP contribution is 2.22. The maximum Gasteiger partial charge on any atom is 0.128 e. The van der Waals surface area contributed by atoms with Crippen LogP contribution in [-0.4, -0.2) is 19.8 Å². The van der Waals surface area contributed by atoms with E-state index < -0.39 is 0 Å². The third kappa shape index (κ3) is 3.46. The molecule has 88 valence electrons. The second kappa shape index (κ2) is 5.64. The summed E-state index contributed by atoms with van der Waals surface area (Å²) in [4.78, 5) is 0. The van der Waals surface area contributed by atoms with Gasteiger partial charge in [0.25, 0.3) is 0 Å². The lowest BCUT2D eigenvalue weighted by molar-refractivity contribution is 0.0497. The summed E-state index contributed by atoms with van der Waals surface area (Å²) >= 11 is 3.24. The minimum Gasteiger partial charge on any atom is -0.493 e. The van der Waals surface area contributed by atoms with E-state index in [1.165, 1.54) is 12.1 Å². The van der Waals surface area contributed by atoms with Gasteiger partial charge in [0.05, 0.1) is 6.61 Å². The van der Waals surface area contributed by atoms with E-state index in [1.54, 1.807) is 6.07 Å². The molecule has 1 aliphatic heterocycles. The van der Waals surface area contributed by atoms with Crippen LogP contribution in [0.5, 0.6) is 5.75 Å². The monoisotopic (exact) mass is 288 g/mol. The van der Waals surface area contributed by atoms with Crippen LogP contribution >= 0.6 is 15.9 Å². The fourth-order valence-electron chi connectivity index (χ4n) is 1.74. The molecule has 1 fully saturated rings. The van der Waals surface area contributed by atoms with Gasteiger partial charge in [-0.15, -0.1) is 0 Å². The Hall–Kier alpha value is -0.610. The van der Waals surface area contributed by atoms with Crippen molar-refractivity contribution in [2.45, 2.75) is 12.8 Å². The van der Waals surface area contributed by atoms with Gasteiger partial charge in [0.2, 0.25) is 0 Å². The largest absolute Gasteiger partial charge is 0.493 e. The molecule has 16 heavy (non-hydrogen) atoms. The number of benzene rings is 1. The SMILES string of the molecule is Fc1cc(Br)cc(OCC2CCOCC2)c1. The Kier molecular flexibility index (Phi) is 4.18. The fraction of sp³-hybridized carbons (Fsp3) is 0.500. The Bertz CT molecular complexity index is 331. The zero-order valence-corrected chi connectivity index (χ0v) is 10.5. The molecule has 4 heteroatoms. The van der Waals surface area contributed by atoms with Gasteiger partial charge in [0, 0.05) is 23.8 Å². The molecule has 0 N–H and O–H groups in total. The van der Waals surface area contributed by atoms with Gasteiger partial charge in [-0.25, -0.2) is 4.39 Å². The topological polar surface area (TPSA) is 18.5 Å². The molecular weight excluding hydrogens is 275 g/mol. The standard InChI is InChI=1S/C12H14BrFO2/c13-10-5-11(14)7-12(6-10)16-8-9-1-3-15-4-2-9/h5-7,9H,1-4,8H2. The van der Waals surface area contributed by atoms with Crippen molar-refractivity contribution in [3.05, 3.63) is 28.5 Å². The summed E-state index contributed by atoms with van der Waals surface area (Å²) in [6, 6.07) is 4.60. The van der Waals surface area contributed by atoms with E-state index in [0.717, 1.165) is 26.1 Å². The summed E-state index contributed by atoms with van der Waals surface area (Å²) in [7, 11) is 0. The predicted octanol–water partition coefficient (Wildman–Crippen LogP) is 3.39. The Morgan fingerprint density at radius 3 is 2.75 bits per heavy atom. The smallest absolute Gasteiger partial charge is 0.128 e. The lowest BCUT2D eigenvalue weighted by atomic mass is 10.0. The molecule has 1 saturated heterocycles. The number of hydrogen-bond acceptors (Lipinski definition) is 2. The average Bonchev–Trinajstić information content (AvgIpc) is 2.27. The van der Waals surface area contributed by atoms with Gasteiger partial charge in [-0.1, -0.05) is 15.9 Å². The van der Waals surface area contributed by atoms with Crippen molar-refractivity contribution in [1.29, 1.82) is 0 Å². The van der Waals surface area contributed by atoms with Crippen LogP contribution in [0.15, 0.2) is 22.7 Å². The highest BCUT2D eigenvalue weighted by molar-refractivity contribution is 9.10. The van der Waals surface area contributed by atoms with Gasteiger partial charge in [-0.3, -0.25) is 0 Å². The van der Waals surface area contributed by atoms with Gasteiger partial charge in [-0.2, -0.15) is 0 Å². The molecule has 0 saturated carbocycles. The minimum atomic E-state index is -0.281. The van der Waals surface area contributed by atoms with Gasteiger partial charge in [0.1, 0.15) is 11.6 Å². The molecule has 0 amide bonds. The van der Waals surface area contributed by atoms with Crippen LogP contribution in [0.4, 0.5) is 4.39 Å². The number of ether oxygens (including phenoxy) is 2. The van der Waals surface area contributed by atoms with Crippen LogP contribution in [-0.2, 0) is 4.74 Å². The number of hydrogen-bond donors (Lipinski definition) is 0. The summed E-state index contributed by atoms with van der Waals surface area (Å²) < 4.78 is 24.6. The first-order chi connectivity index (χ1) is 7.74. The highest BCUT2D eigenvalue weighted by Gasteiger charge is 2.14. The maximum absolute atomic E-state index is 13.1. The van der Waals surface area contributed by atoms with E-state index in [9.17, 15) is 4.39 Å². The summed E-state index contributed by atoms with van der Waals surface area (Å²) in [5.74, 6) is 0.825. The molecule has 0 aromatic heterocycles. The van der Waals surface area contributed by atoms with Crippen molar-refractivity contribution >= 4 is 15.9 Å². The molecule has 2 nitrogen and oxygen atoms in total. The molecular formula is C12H14BrFO2. The molecule has 0 atom stereocenters. The van der Waals surface area contributed by atoms with Gasteiger partial charge < -0.3 is 9.47 Å². The van der Waals surface area contributed by atoms with E-state index in [-0.39, 0.29) is 5.82 Å². The maximum atomic E-state index is 13.1. The Labute approximate surface area is 103 Å².